The Kier molecular flexibility index (Phi) is 4.89. The molecule has 4 heteroatoms. The summed E-state index contributed by atoms with van der Waals surface area (Å²) in [6.45, 7) is 6.27. The molecule has 0 aliphatic rings. The van der Waals surface area contributed by atoms with E-state index in [0.29, 0.717) is 12.2 Å². The van der Waals surface area contributed by atoms with Gasteiger partial charge in [0, 0.05) is 18.4 Å². The van der Waals surface area contributed by atoms with Crippen LogP contribution in [-0.4, -0.2) is 18.3 Å². The zero-order valence-corrected chi connectivity index (χ0v) is 11.1. The maximum absolute atomic E-state index is 11.9. The standard InChI is InChI=1S/C14H19NO3/c1-4-18-13-8-9(2)11(7-10(13)3)12(16)5-6-14(15)17/h7-8H,4-6H2,1-3H3,(H2,15,17). The summed E-state index contributed by atoms with van der Waals surface area (Å²) in [7, 11) is 0. The minimum absolute atomic E-state index is 0.0579. The number of ketones is 1. The highest BCUT2D eigenvalue weighted by Crippen LogP contribution is 2.24. The van der Waals surface area contributed by atoms with E-state index in [9.17, 15) is 9.59 Å². The van der Waals surface area contributed by atoms with Gasteiger partial charge in [-0.25, -0.2) is 0 Å². The molecule has 0 bridgehead atoms. The number of carbonyl (C=O) groups is 2. The predicted molar refractivity (Wildman–Crippen MR) is 69.8 cm³/mol. The Balaban J connectivity index is 2.93. The van der Waals surface area contributed by atoms with Gasteiger partial charge in [-0.05, 0) is 44.0 Å². The molecule has 0 atom stereocenters. The minimum atomic E-state index is -0.455. The van der Waals surface area contributed by atoms with E-state index in [-0.39, 0.29) is 18.6 Å². The molecule has 0 spiro atoms. The molecule has 0 saturated carbocycles. The number of rotatable bonds is 6. The number of primary amides is 1. The third-order valence-electron chi connectivity index (χ3n) is 2.72. The second-order valence-electron chi connectivity index (χ2n) is 4.26. The van der Waals surface area contributed by atoms with Gasteiger partial charge in [0.15, 0.2) is 5.78 Å². The fourth-order valence-corrected chi connectivity index (χ4v) is 1.77. The van der Waals surface area contributed by atoms with Crippen LogP contribution in [0.25, 0.3) is 0 Å². The van der Waals surface area contributed by atoms with E-state index in [2.05, 4.69) is 0 Å². The summed E-state index contributed by atoms with van der Waals surface area (Å²) in [5.74, 6) is 0.280. The lowest BCUT2D eigenvalue weighted by Gasteiger charge is -2.11. The van der Waals surface area contributed by atoms with Crippen LogP contribution in [0.5, 0.6) is 5.75 Å². The first-order chi connectivity index (χ1) is 8.45. The van der Waals surface area contributed by atoms with Crippen molar-refractivity contribution in [2.75, 3.05) is 6.61 Å². The Hall–Kier alpha value is -1.84. The van der Waals surface area contributed by atoms with Crippen LogP contribution in [0.15, 0.2) is 12.1 Å². The first-order valence-electron chi connectivity index (χ1n) is 6.01. The zero-order valence-electron chi connectivity index (χ0n) is 11.1. The summed E-state index contributed by atoms with van der Waals surface area (Å²) in [6, 6.07) is 3.67. The van der Waals surface area contributed by atoms with Crippen LogP contribution in [0.3, 0.4) is 0 Å². The molecule has 0 radical (unpaired) electrons. The largest absolute Gasteiger partial charge is 0.494 e. The summed E-state index contributed by atoms with van der Waals surface area (Å²) >= 11 is 0. The average Bonchev–Trinajstić information content (AvgIpc) is 2.30. The Morgan fingerprint density at radius 1 is 1.17 bits per heavy atom. The first kappa shape index (κ1) is 14.2. The Morgan fingerprint density at radius 2 is 1.83 bits per heavy atom. The van der Waals surface area contributed by atoms with Crippen LogP contribution in [-0.2, 0) is 4.79 Å². The number of benzene rings is 1. The molecular formula is C14H19NO3. The number of amides is 1. The number of nitrogens with two attached hydrogens (primary N) is 1. The minimum Gasteiger partial charge on any atom is -0.494 e. The van der Waals surface area contributed by atoms with E-state index < -0.39 is 5.91 Å². The van der Waals surface area contributed by atoms with Crippen LogP contribution >= 0.6 is 0 Å². The number of aryl methyl sites for hydroxylation is 2. The Bertz CT molecular complexity index is 466. The lowest BCUT2D eigenvalue weighted by Crippen LogP contribution is -2.13. The van der Waals surface area contributed by atoms with Crippen molar-refractivity contribution in [1.29, 1.82) is 0 Å². The topological polar surface area (TPSA) is 69.4 Å². The van der Waals surface area contributed by atoms with Gasteiger partial charge in [0.25, 0.3) is 0 Å². The molecule has 4 nitrogen and oxygen atoms in total. The maximum atomic E-state index is 11.9. The molecule has 0 heterocycles. The van der Waals surface area contributed by atoms with Crippen LogP contribution in [0.2, 0.25) is 0 Å². The quantitative estimate of drug-likeness (QED) is 0.785. The van der Waals surface area contributed by atoms with Gasteiger partial charge in [-0.2, -0.15) is 0 Å². The van der Waals surface area contributed by atoms with E-state index in [1.807, 2.05) is 32.9 Å². The molecule has 18 heavy (non-hydrogen) atoms. The molecule has 1 aromatic carbocycles. The number of ether oxygens (including phenoxy) is 1. The summed E-state index contributed by atoms with van der Waals surface area (Å²) < 4.78 is 5.46. The van der Waals surface area contributed by atoms with Gasteiger partial charge in [0.1, 0.15) is 5.75 Å². The molecule has 0 aromatic heterocycles. The van der Waals surface area contributed by atoms with Crippen molar-refractivity contribution >= 4 is 11.7 Å². The molecule has 0 aliphatic carbocycles. The van der Waals surface area contributed by atoms with E-state index in [1.54, 1.807) is 0 Å². The number of hydrogen-bond donors (Lipinski definition) is 1. The van der Waals surface area contributed by atoms with Crippen molar-refractivity contribution in [3.8, 4) is 5.75 Å². The van der Waals surface area contributed by atoms with Crippen LogP contribution in [0.1, 0.15) is 41.3 Å². The SMILES string of the molecule is CCOc1cc(C)c(C(=O)CCC(N)=O)cc1C. The van der Waals surface area contributed by atoms with E-state index in [1.165, 1.54) is 0 Å². The van der Waals surface area contributed by atoms with Crippen molar-refractivity contribution in [1.82, 2.24) is 0 Å². The van der Waals surface area contributed by atoms with Crippen molar-refractivity contribution in [2.45, 2.75) is 33.6 Å². The van der Waals surface area contributed by atoms with Gasteiger partial charge in [-0.15, -0.1) is 0 Å². The summed E-state index contributed by atoms with van der Waals surface area (Å²) in [5, 5.41) is 0. The van der Waals surface area contributed by atoms with Gasteiger partial charge < -0.3 is 10.5 Å². The molecule has 2 N–H and O–H groups in total. The van der Waals surface area contributed by atoms with Gasteiger partial charge in [-0.1, -0.05) is 0 Å². The normalized spacial score (nSPS) is 10.2. The molecular weight excluding hydrogens is 230 g/mol. The van der Waals surface area contributed by atoms with Crippen molar-refractivity contribution < 1.29 is 14.3 Å². The van der Waals surface area contributed by atoms with Gasteiger partial charge >= 0.3 is 0 Å². The fourth-order valence-electron chi connectivity index (χ4n) is 1.77. The van der Waals surface area contributed by atoms with Crippen LogP contribution in [0.4, 0.5) is 0 Å². The molecule has 1 rings (SSSR count). The summed E-state index contributed by atoms with van der Waals surface area (Å²) in [5.41, 5.74) is 7.46. The number of hydrogen-bond acceptors (Lipinski definition) is 3. The monoisotopic (exact) mass is 249 g/mol. The van der Waals surface area contributed by atoms with Crippen molar-refractivity contribution in [2.24, 2.45) is 5.73 Å². The van der Waals surface area contributed by atoms with E-state index >= 15 is 0 Å². The molecule has 0 unspecified atom stereocenters. The van der Waals surface area contributed by atoms with E-state index in [0.717, 1.165) is 16.9 Å². The van der Waals surface area contributed by atoms with Crippen LogP contribution < -0.4 is 10.5 Å². The van der Waals surface area contributed by atoms with Gasteiger partial charge in [0.05, 0.1) is 6.61 Å². The van der Waals surface area contributed by atoms with Gasteiger partial charge in [0.2, 0.25) is 5.91 Å². The van der Waals surface area contributed by atoms with Crippen molar-refractivity contribution in [3.05, 3.63) is 28.8 Å². The first-order valence-corrected chi connectivity index (χ1v) is 6.01. The zero-order chi connectivity index (χ0) is 13.7. The molecule has 0 fully saturated rings. The lowest BCUT2D eigenvalue weighted by atomic mass is 9.98. The molecule has 98 valence electrons. The summed E-state index contributed by atoms with van der Waals surface area (Å²) in [6.07, 6.45) is 0.244. The highest BCUT2D eigenvalue weighted by molar-refractivity contribution is 5.99. The third kappa shape index (κ3) is 3.58. The Labute approximate surface area is 107 Å². The number of carbonyl (C=O) groups excluding carboxylic acids is 2. The fraction of sp³-hybridized carbons (Fsp3) is 0.429. The van der Waals surface area contributed by atoms with Crippen molar-refractivity contribution in [3.63, 3.8) is 0 Å². The second-order valence-corrected chi connectivity index (χ2v) is 4.26. The lowest BCUT2D eigenvalue weighted by molar-refractivity contribution is -0.118. The highest BCUT2D eigenvalue weighted by atomic mass is 16.5. The molecule has 0 saturated heterocycles. The molecule has 1 amide bonds. The maximum Gasteiger partial charge on any atom is 0.217 e. The summed E-state index contributed by atoms with van der Waals surface area (Å²) in [4.78, 5) is 22.6. The average molecular weight is 249 g/mol. The molecule has 1 aromatic rings. The Morgan fingerprint density at radius 3 is 2.39 bits per heavy atom. The van der Waals surface area contributed by atoms with Crippen LogP contribution in [0, 0.1) is 13.8 Å². The van der Waals surface area contributed by atoms with Gasteiger partial charge in [-0.3, -0.25) is 9.59 Å². The number of Topliss-reactive ketones (excluding diaryl/α,β-unsaturated/α-hetero) is 1. The van der Waals surface area contributed by atoms with E-state index in [4.69, 9.17) is 10.5 Å². The third-order valence-corrected chi connectivity index (χ3v) is 2.72. The molecule has 0 aliphatic heterocycles. The highest BCUT2D eigenvalue weighted by Gasteiger charge is 2.13. The predicted octanol–water partition coefficient (Wildman–Crippen LogP) is 2.15. The smallest absolute Gasteiger partial charge is 0.217 e. The second kappa shape index (κ2) is 6.19.